The molecule has 0 saturated heterocycles. The molecule has 0 spiro atoms. The van der Waals surface area contributed by atoms with Crippen molar-refractivity contribution in [2.24, 2.45) is 0 Å². The summed E-state index contributed by atoms with van der Waals surface area (Å²) >= 11 is 0. The molecule has 0 atom stereocenters. The van der Waals surface area contributed by atoms with Crippen LogP contribution in [0.15, 0.2) is 18.3 Å². The summed E-state index contributed by atoms with van der Waals surface area (Å²) in [6, 6.07) is 2.47. The van der Waals surface area contributed by atoms with E-state index in [1.165, 1.54) is 12.3 Å². The molecular formula is C11H12F3N. The predicted molar refractivity (Wildman–Crippen MR) is 50.4 cm³/mol. The Bertz CT molecular complexity index is 340. The van der Waals surface area contributed by atoms with Crippen molar-refractivity contribution in [1.29, 1.82) is 0 Å². The average molecular weight is 215 g/mol. The summed E-state index contributed by atoms with van der Waals surface area (Å²) in [4.78, 5) is 3.91. The van der Waals surface area contributed by atoms with E-state index in [2.05, 4.69) is 4.98 Å². The Labute approximate surface area is 86.3 Å². The van der Waals surface area contributed by atoms with Gasteiger partial charge in [0.15, 0.2) is 0 Å². The number of hydrogen-bond acceptors (Lipinski definition) is 1. The summed E-state index contributed by atoms with van der Waals surface area (Å²) in [7, 11) is 0. The first-order chi connectivity index (χ1) is 7.09. The molecule has 1 heterocycles. The molecule has 0 unspecified atom stereocenters. The van der Waals surface area contributed by atoms with Gasteiger partial charge in [-0.25, -0.2) is 0 Å². The second kappa shape index (κ2) is 3.83. The van der Waals surface area contributed by atoms with Crippen molar-refractivity contribution in [3.05, 3.63) is 29.6 Å². The minimum Gasteiger partial charge on any atom is -0.260 e. The Hall–Kier alpha value is -1.06. The van der Waals surface area contributed by atoms with Crippen LogP contribution in [0.4, 0.5) is 13.2 Å². The monoisotopic (exact) mass is 215 g/mol. The summed E-state index contributed by atoms with van der Waals surface area (Å²) in [5.74, 6) is 0.00262. The highest BCUT2D eigenvalue weighted by atomic mass is 19.4. The van der Waals surface area contributed by atoms with Crippen molar-refractivity contribution in [3.63, 3.8) is 0 Å². The van der Waals surface area contributed by atoms with Gasteiger partial charge in [-0.05, 0) is 25.0 Å². The summed E-state index contributed by atoms with van der Waals surface area (Å²) in [6.45, 7) is 0. The zero-order valence-corrected chi connectivity index (χ0v) is 8.22. The Balaban J connectivity index is 2.37. The van der Waals surface area contributed by atoms with Gasteiger partial charge in [0.05, 0.1) is 11.3 Å². The fourth-order valence-electron chi connectivity index (χ4n) is 2.18. The molecule has 2 rings (SSSR count). The SMILES string of the molecule is FC(F)(F)c1cccnc1C1CCCC1. The zero-order chi connectivity index (χ0) is 10.9. The second-order valence-electron chi connectivity index (χ2n) is 3.92. The fraction of sp³-hybridized carbons (Fsp3) is 0.545. The van der Waals surface area contributed by atoms with E-state index in [4.69, 9.17) is 0 Å². The van der Waals surface area contributed by atoms with E-state index < -0.39 is 11.7 Å². The molecule has 0 amide bonds. The van der Waals surface area contributed by atoms with Crippen molar-refractivity contribution in [3.8, 4) is 0 Å². The highest BCUT2D eigenvalue weighted by Crippen LogP contribution is 2.40. The predicted octanol–water partition coefficient (Wildman–Crippen LogP) is 3.76. The highest BCUT2D eigenvalue weighted by Gasteiger charge is 2.36. The zero-order valence-electron chi connectivity index (χ0n) is 8.22. The van der Waals surface area contributed by atoms with Crippen LogP contribution in [0, 0.1) is 0 Å². The van der Waals surface area contributed by atoms with Gasteiger partial charge in [0.2, 0.25) is 0 Å². The fourth-order valence-corrected chi connectivity index (χ4v) is 2.18. The number of nitrogens with zero attached hydrogens (tertiary/aromatic N) is 1. The molecule has 1 nitrogen and oxygen atoms in total. The van der Waals surface area contributed by atoms with Crippen LogP contribution in [0.1, 0.15) is 42.9 Å². The largest absolute Gasteiger partial charge is 0.418 e. The number of rotatable bonds is 1. The third-order valence-corrected chi connectivity index (χ3v) is 2.89. The minimum atomic E-state index is -4.27. The van der Waals surface area contributed by atoms with Crippen molar-refractivity contribution in [2.75, 3.05) is 0 Å². The van der Waals surface area contributed by atoms with E-state index in [-0.39, 0.29) is 11.6 Å². The Morgan fingerprint density at radius 2 is 1.87 bits per heavy atom. The van der Waals surface area contributed by atoms with E-state index in [0.29, 0.717) is 0 Å². The number of halogens is 3. The van der Waals surface area contributed by atoms with E-state index >= 15 is 0 Å². The topological polar surface area (TPSA) is 12.9 Å². The third-order valence-electron chi connectivity index (χ3n) is 2.89. The second-order valence-corrected chi connectivity index (χ2v) is 3.92. The molecule has 1 aromatic heterocycles. The quantitative estimate of drug-likeness (QED) is 0.695. The van der Waals surface area contributed by atoms with Crippen LogP contribution in [0.3, 0.4) is 0 Å². The molecular weight excluding hydrogens is 203 g/mol. The molecule has 82 valence electrons. The maximum absolute atomic E-state index is 12.7. The van der Waals surface area contributed by atoms with Crippen molar-refractivity contribution >= 4 is 0 Å². The molecule has 1 aliphatic carbocycles. The molecule has 1 aromatic rings. The van der Waals surface area contributed by atoms with Gasteiger partial charge in [0, 0.05) is 12.1 Å². The van der Waals surface area contributed by atoms with Crippen LogP contribution in [-0.2, 0) is 6.18 Å². The summed E-state index contributed by atoms with van der Waals surface area (Å²) in [5.41, 5.74) is -0.320. The van der Waals surface area contributed by atoms with Gasteiger partial charge in [-0.3, -0.25) is 4.98 Å². The smallest absolute Gasteiger partial charge is 0.260 e. The first-order valence-electron chi connectivity index (χ1n) is 5.11. The van der Waals surface area contributed by atoms with Crippen LogP contribution in [-0.4, -0.2) is 4.98 Å². The molecule has 4 heteroatoms. The molecule has 0 N–H and O–H groups in total. The lowest BCUT2D eigenvalue weighted by atomic mass is 9.98. The normalized spacial score (nSPS) is 18.3. The van der Waals surface area contributed by atoms with Gasteiger partial charge in [0.25, 0.3) is 0 Å². The summed E-state index contributed by atoms with van der Waals surface area (Å²) in [5, 5.41) is 0. The van der Waals surface area contributed by atoms with Crippen molar-refractivity contribution in [1.82, 2.24) is 4.98 Å². The molecule has 0 aromatic carbocycles. The molecule has 0 radical (unpaired) electrons. The van der Waals surface area contributed by atoms with E-state index in [1.807, 2.05) is 0 Å². The van der Waals surface area contributed by atoms with Crippen LogP contribution in [0.2, 0.25) is 0 Å². The Morgan fingerprint density at radius 3 is 2.47 bits per heavy atom. The Morgan fingerprint density at radius 1 is 1.20 bits per heavy atom. The van der Waals surface area contributed by atoms with Gasteiger partial charge >= 0.3 is 6.18 Å². The molecule has 1 aliphatic rings. The highest BCUT2D eigenvalue weighted by molar-refractivity contribution is 5.26. The van der Waals surface area contributed by atoms with Crippen LogP contribution < -0.4 is 0 Å². The van der Waals surface area contributed by atoms with Gasteiger partial charge in [-0.1, -0.05) is 12.8 Å². The number of alkyl halides is 3. The summed E-state index contributed by atoms with van der Waals surface area (Å²) < 4.78 is 38.0. The van der Waals surface area contributed by atoms with Crippen LogP contribution in [0.5, 0.6) is 0 Å². The molecule has 15 heavy (non-hydrogen) atoms. The maximum Gasteiger partial charge on any atom is 0.418 e. The average Bonchev–Trinajstić information content (AvgIpc) is 2.69. The number of hydrogen-bond donors (Lipinski definition) is 0. The van der Waals surface area contributed by atoms with E-state index in [1.54, 1.807) is 0 Å². The van der Waals surface area contributed by atoms with Crippen molar-refractivity contribution in [2.45, 2.75) is 37.8 Å². The minimum absolute atomic E-state index is 0.00262. The number of aromatic nitrogens is 1. The third kappa shape index (κ3) is 2.13. The van der Waals surface area contributed by atoms with Gasteiger partial charge in [0.1, 0.15) is 0 Å². The van der Waals surface area contributed by atoms with Crippen molar-refractivity contribution < 1.29 is 13.2 Å². The molecule has 0 bridgehead atoms. The number of pyridine rings is 1. The van der Waals surface area contributed by atoms with Gasteiger partial charge in [-0.15, -0.1) is 0 Å². The van der Waals surface area contributed by atoms with Crippen LogP contribution >= 0.6 is 0 Å². The maximum atomic E-state index is 12.7. The lowest BCUT2D eigenvalue weighted by Gasteiger charge is -2.15. The van der Waals surface area contributed by atoms with E-state index in [0.717, 1.165) is 31.7 Å². The summed E-state index contributed by atoms with van der Waals surface area (Å²) in [6.07, 6.45) is 0.867. The van der Waals surface area contributed by atoms with Gasteiger partial charge in [-0.2, -0.15) is 13.2 Å². The lowest BCUT2D eigenvalue weighted by Crippen LogP contribution is -2.12. The molecule has 1 saturated carbocycles. The van der Waals surface area contributed by atoms with Gasteiger partial charge < -0.3 is 0 Å². The first-order valence-corrected chi connectivity index (χ1v) is 5.11. The Kier molecular flexibility index (Phi) is 2.67. The van der Waals surface area contributed by atoms with E-state index in [9.17, 15) is 13.2 Å². The molecule has 1 fully saturated rings. The standard InChI is InChI=1S/C11H12F3N/c12-11(13,14)9-6-3-7-15-10(9)8-4-1-2-5-8/h3,6-8H,1-2,4-5H2. The first kappa shape index (κ1) is 10.5. The van der Waals surface area contributed by atoms with Crippen LogP contribution in [0.25, 0.3) is 0 Å². The lowest BCUT2D eigenvalue weighted by molar-refractivity contribution is -0.138. The molecule has 0 aliphatic heterocycles.